The van der Waals surface area contributed by atoms with Crippen molar-refractivity contribution >= 4 is 23.2 Å². The number of nitrogens with one attached hydrogen (secondary N) is 1. The number of aromatic nitrogens is 1. The Labute approximate surface area is 164 Å². The lowest BCUT2D eigenvalue weighted by Crippen LogP contribution is -2.47. The summed E-state index contributed by atoms with van der Waals surface area (Å²) in [5.74, 6) is 0.208. The summed E-state index contributed by atoms with van der Waals surface area (Å²) in [6.07, 6.45) is 2.45. The van der Waals surface area contributed by atoms with Crippen LogP contribution >= 0.6 is 11.3 Å². The summed E-state index contributed by atoms with van der Waals surface area (Å²) in [4.78, 5) is 29.1. The molecule has 0 aliphatic heterocycles. The predicted molar refractivity (Wildman–Crippen MR) is 107 cm³/mol. The molecule has 1 saturated carbocycles. The summed E-state index contributed by atoms with van der Waals surface area (Å²) in [5.41, 5.74) is 1.19. The first kappa shape index (κ1) is 19.5. The van der Waals surface area contributed by atoms with Gasteiger partial charge < -0.3 is 10.1 Å². The van der Waals surface area contributed by atoms with Crippen molar-refractivity contribution in [2.24, 2.45) is 11.8 Å². The molecule has 0 radical (unpaired) electrons. The van der Waals surface area contributed by atoms with Gasteiger partial charge in [0, 0.05) is 17.0 Å². The number of ether oxygens (including phenoxy) is 1. The number of amides is 1. The Balaban J connectivity index is 1.57. The van der Waals surface area contributed by atoms with Crippen molar-refractivity contribution < 1.29 is 14.3 Å². The van der Waals surface area contributed by atoms with Crippen molar-refractivity contribution in [2.75, 3.05) is 0 Å². The fourth-order valence-corrected chi connectivity index (χ4v) is 4.24. The molecular weight excluding hydrogens is 360 g/mol. The van der Waals surface area contributed by atoms with Gasteiger partial charge in [-0.3, -0.25) is 4.79 Å². The van der Waals surface area contributed by atoms with Gasteiger partial charge in [0.15, 0.2) is 11.8 Å². The molecule has 2 aromatic rings. The molecule has 1 aromatic heterocycles. The van der Waals surface area contributed by atoms with Crippen LogP contribution in [0, 0.1) is 11.8 Å². The first-order valence-electron chi connectivity index (χ1n) is 9.48. The molecule has 3 rings (SSSR count). The Morgan fingerprint density at radius 1 is 1.22 bits per heavy atom. The second kappa shape index (κ2) is 8.65. The van der Waals surface area contributed by atoms with Crippen LogP contribution in [0.25, 0.3) is 10.6 Å². The average Bonchev–Trinajstić information content (AvgIpc) is 3.16. The minimum absolute atomic E-state index is 0.145. The number of carbonyl (C=O) groups is 2. The smallest absolute Gasteiger partial charge is 0.358 e. The highest BCUT2D eigenvalue weighted by Crippen LogP contribution is 2.29. The van der Waals surface area contributed by atoms with Crippen LogP contribution in [-0.2, 0) is 9.53 Å². The van der Waals surface area contributed by atoms with Gasteiger partial charge in [0.25, 0.3) is 5.91 Å². The largest absolute Gasteiger partial charge is 0.448 e. The van der Waals surface area contributed by atoms with E-state index >= 15 is 0 Å². The lowest BCUT2D eigenvalue weighted by atomic mass is 9.78. The van der Waals surface area contributed by atoms with E-state index in [1.165, 1.54) is 17.8 Å². The number of hydrogen-bond acceptors (Lipinski definition) is 5. The van der Waals surface area contributed by atoms with Crippen LogP contribution in [0.2, 0.25) is 0 Å². The fraction of sp³-hybridized carbons (Fsp3) is 0.476. The molecule has 0 spiro atoms. The van der Waals surface area contributed by atoms with Crippen molar-refractivity contribution in [2.45, 2.75) is 52.2 Å². The summed E-state index contributed by atoms with van der Waals surface area (Å²) in [6.45, 7) is 6.00. The van der Waals surface area contributed by atoms with E-state index in [0.29, 0.717) is 11.8 Å². The maximum absolute atomic E-state index is 12.5. The molecule has 0 bridgehead atoms. The third-order valence-electron chi connectivity index (χ3n) is 5.42. The van der Waals surface area contributed by atoms with E-state index in [-0.39, 0.29) is 17.6 Å². The van der Waals surface area contributed by atoms with Crippen molar-refractivity contribution in [3.05, 3.63) is 41.4 Å². The number of carbonyl (C=O) groups excluding carboxylic acids is 2. The fourth-order valence-electron chi connectivity index (χ4n) is 3.44. The van der Waals surface area contributed by atoms with E-state index in [1.807, 2.05) is 30.3 Å². The van der Waals surface area contributed by atoms with E-state index in [9.17, 15) is 9.59 Å². The number of thiazole rings is 1. The highest BCUT2D eigenvalue weighted by molar-refractivity contribution is 7.13. The maximum Gasteiger partial charge on any atom is 0.358 e. The van der Waals surface area contributed by atoms with E-state index in [2.05, 4.69) is 24.1 Å². The summed E-state index contributed by atoms with van der Waals surface area (Å²) in [6, 6.07) is 9.81. The van der Waals surface area contributed by atoms with Crippen LogP contribution in [0.3, 0.4) is 0 Å². The molecule has 27 heavy (non-hydrogen) atoms. The van der Waals surface area contributed by atoms with Crippen LogP contribution in [-0.4, -0.2) is 29.0 Å². The highest BCUT2D eigenvalue weighted by Gasteiger charge is 2.30. The van der Waals surface area contributed by atoms with E-state index < -0.39 is 12.1 Å². The number of esters is 1. The van der Waals surface area contributed by atoms with Crippen LogP contribution in [0.15, 0.2) is 35.7 Å². The SMILES string of the molecule is C[C@@H]1[C@@H](C)CCC[C@H]1NC(=O)[C@@H](C)OC(=O)c1csc(-c2ccccc2)n1. The molecule has 1 aliphatic rings. The minimum Gasteiger partial charge on any atom is -0.448 e. The summed E-state index contributed by atoms with van der Waals surface area (Å²) in [5, 5.41) is 5.47. The Hall–Kier alpha value is -2.21. The lowest BCUT2D eigenvalue weighted by molar-refractivity contribution is -0.130. The second-order valence-electron chi connectivity index (χ2n) is 7.33. The second-order valence-corrected chi connectivity index (χ2v) is 8.19. The monoisotopic (exact) mass is 386 g/mol. The zero-order valence-corrected chi connectivity index (χ0v) is 16.8. The van der Waals surface area contributed by atoms with Gasteiger partial charge in [-0.2, -0.15) is 0 Å². The maximum atomic E-state index is 12.5. The molecule has 1 N–H and O–H groups in total. The number of hydrogen-bond donors (Lipinski definition) is 1. The Bertz CT molecular complexity index is 790. The van der Waals surface area contributed by atoms with Gasteiger partial charge >= 0.3 is 5.97 Å². The van der Waals surface area contributed by atoms with Gasteiger partial charge in [-0.1, -0.05) is 57.0 Å². The molecule has 1 fully saturated rings. The first-order chi connectivity index (χ1) is 13.0. The Morgan fingerprint density at radius 2 is 1.96 bits per heavy atom. The van der Waals surface area contributed by atoms with Crippen molar-refractivity contribution in [1.82, 2.24) is 10.3 Å². The minimum atomic E-state index is -0.844. The van der Waals surface area contributed by atoms with Crippen LogP contribution < -0.4 is 5.32 Å². The molecular formula is C21H26N2O3S. The molecule has 6 heteroatoms. The molecule has 1 aliphatic carbocycles. The molecule has 144 valence electrons. The molecule has 0 saturated heterocycles. The lowest BCUT2D eigenvalue weighted by Gasteiger charge is -2.35. The van der Waals surface area contributed by atoms with Crippen molar-refractivity contribution in [1.29, 1.82) is 0 Å². The van der Waals surface area contributed by atoms with Crippen LogP contribution in [0.1, 0.15) is 50.5 Å². The topological polar surface area (TPSA) is 68.3 Å². The average molecular weight is 387 g/mol. The van der Waals surface area contributed by atoms with Gasteiger partial charge in [-0.15, -0.1) is 11.3 Å². The zero-order valence-electron chi connectivity index (χ0n) is 16.0. The molecule has 1 aromatic carbocycles. The van der Waals surface area contributed by atoms with Crippen molar-refractivity contribution in [3.8, 4) is 10.6 Å². The van der Waals surface area contributed by atoms with E-state index in [1.54, 1.807) is 12.3 Å². The summed E-state index contributed by atoms with van der Waals surface area (Å²) >= 11 is 1.38. The van der Waals surface area contributed by atoms with Crippen LogP contribution in [0.5, 0.6) is 0 Å². The summed E-state index contributed by atoms with van der Waals surface area (Å²) < 4.78 is 5.34. The normalized spacial score (nSPS) is 23.4. The number of benzene rings is 1. The Morgan fingerprint density at radius 3 is 2.70 bits per heavy atom. The number of rotatable bonds is 5. The summed E-state index contributed by atoms with van der Waals surface area (Å²) in [7, 11) is 0. The van der Waals surface area contributed by atoms with Gasteiger partial charge in [0.2, 0.25) is 0 Å². The highest BCUT2D eigenvalue weighted by atomic mass is 32.1. The molecule has 0 unspecified atom stereocenters. The standard InChI is InChI=1S/C21H26N2O3S/c1-13-8-7-11-17(14(13)2)22-19(24)15(3)26-21(25)18-12-27-20(23-18)16-9-5-4-6-10-16/h4-6,9-10,12-15,17H,7-8,11H2,1-3H3,(H,22,24)/t13-,14+,15+,17+/m0/s1. The third kappa shape index (κ3) is 4.75. The third-order valence-corrected chi connectivity index (χ3v) is 6.31. The quantitative estimate of drug-likeness (QED) is 0.778. The van der Waals surface area contributed by atoms with Crippen molar-refractivity contribution in [3.63, 3.8) is 0 Å². The molecule has 5 nitrogen and oxygen atoms in total. The zero-order chi connectivity index (χ0) is 19.4. The molecule has 1 amide bonds. The molecule has 4 atom stereocenters. The molecule has 1 heterocycles. The first-order valence-corrected chi connectivity index (χ1v) is 10.4. The van der Waals surface area contributed by atoms with Crippen LogP contribution in [0.4, 0.5) is 0 Å². The predicted octanol–water partition coefficient (Wildman–Crippen LogP) is 4.30. The van der Waals surface area contributed by atoms with Gasteiger partial charge in [-0.25, -0.2) is 9.78 Å². The number of nitrogens with zero attached hydrogens (tertiary/aromatic N) is 1. The van der Waals surface area contributed by atoms with E-state index in [0.717, 1.165) is 23.4 Å². The van der Waals surface area contributed by atoms with Gasteiger partial charge in [0.1, 0.15) is 5.01 Å². The Kier molecular flexibility index (Phi) is 6.26. The van der Waals surface area contributed by atoms with E-state index in [4.69, 9.17) is 4.74 Å². The van der Waals surface area contributed by atoms with Gasteiger partial charge in [-0.05, 0) is 25.2 Å². The van der Waals surface area contributed by atoms with Gasteiger partial charge in [0.05, 0.1) is 0 Å².